The molecule has 27 heavy (non-hydrogen) atoms. The molecule has 0 bridgehead atoms. The lowest BCUT2D eigenvalue weighted by molar-refractivity contribution is 0.172. The minimum absolute atomic E-state index is 0.206. The van der Waals surface area contributed by atoms with Gasteiger partial charge in [-0.05, 0) is 31.6 Å². The standard InChI is InChI=1S/C20H30ClN5O/c1-6-8-15(16(7-2)22-5)19(14(3)4)26-11-9-25(10-12-26)17-13-23-24-20(27)18(17)21/h6,8,13-14,19H,5,7,9-12H2,1-4H3,(H,24,27)/b8-6-,16-15+/t19-/m1/s1. The lowest BCUT2D eigenvalue weighted by Gasteiger charge is -2.42. The topological polar surface area (TPSA) is 64.6 Å². The van der Waals surface area contributed by atoms with Crippen LogP contribution in [0.1, 0.15) is 34.1 Å². The van der Waals surface area contributed by atoms with E-state index in [0.29, 0.717) is 11.6 Å². The van der Waals surface area contributed by atoms with Crippen LogP contribution in [-0.2, 0) is 0 Å². The Morgan fingerprint density at radius 1 is 1.41 bits per heavy atom. The lowest BCUT2D eigenvalue weighted by atomic mass is 9.91. The number of anilines is 1. The Bertz CT molecular complexity index is 760. The number of rotatable bonds is 7. The Hall–Kier alpha value is -1.92. The van der Waals surface area contributed by atoms with Crippen LogP contribution in [0.25, 0.3) is 0 Å². The van der Waals surface area contributed by atoms with Gasteiger partial charge in [0.1, 0.15) is 5.02 Å². The van der Waals surface area contributed by atoms with Gasteiger partial charge in [-0.3, -0.25) is 14.7 Å². The molecule has 1 aromatic heterocycles. The number of piperazine rings is 1. The van der Waals surface area contributed by atoms with Gasteiger partial charge in [0.15, 0.2) is 0 Å². The lowest BCUT2D eigenvalue weighted by Crippen LogP contribution is -2.52. The van der Waals surface area contributed by atoms with Crippen molar-refractivity contribution in [1.29, 1.82) is 0 Å². The number of nitrogens with one attached hydrogen (secondary N) is 1. The van der Waals surface area contributed by atoms with Crippen LogP contribution < -0.4 is 10.5 Å². The second kappa shape index (κ2) is 9.85. The summed E-state index contributed by atoms with van der Waals surface area (Å²) in [6.07, 6.45) is 6.73. The number of aromatic nitrogens is 2. The summed E-state index contributed by atoms with van der Waals surface area (Å²) >= 11 is 6.17. The average molecular weight is 392 g/mol. The van der Waals surface area contributed by atoms with Gasteiger partial charge in [-0.25, -0.2) is 5.10 Å². The van der Waals surface area contributed by atoms with Crippen LogP contribution in [-0.4, -0.2) is 54.0 Å². The van der Waals surface area contributed by atoms with E-state index >= 15 is 0 Å². The van der Waals surface area contributed by atoms with Crippen molar-refractivity contribution in [3.8, 4) is 0 Å². The van der Waals surface area contributed by atoms with E-state index in [0.717, 1.165) is 38.3 Å². The van der Waals surface area contributed by atoms with Gasteiger partial charge in [-0.2, -0.15) is 5.10 Å². The molecule has 0 radical (unpaired) electrons. The van der Waals surface area contributed by atoms with Crippen molar-refractivity contribution in [1.82, 2.24) is 15.1 Å². The Balaban J connectivity index is 2.24. The molecule has 0 aliphatic carbocycles. The maximum absolute atomic E-state index is 11.7. The molecule has 2 heterocycles. The number of aromatic amines is 1. The first-order valence-electron chi connectivity index (χ1n) is 9.49. The molecule has 0 saturated carbocycles. The van der Waals surface area contributed by atoms with Crippen molar-refractivity contribution in [3.05, 3.63) is 45.0 Å². The highest BCUT2D eigenvalue weighted by Crippen LogP contribution is 2.28. The summed E-state index contributed by atoms with van der Waals surface area (Å²) in [5.41, 5.74) is 2.65. The predicted molar refractivity (Wildman–Crippen MR) is 114 cm³/mol. The maximum atomic E-state index is 11.7. The second-order valence-corrected chi connectivity index (χ2v) is 7.40. The van der Waals surface area contributed by atoms with Crippen molar-refractivity contribution >= 4 is 24.0 Å². The fraction of sp³-hybridized carbons (Fsp3) is 0.550. The van der Waals surface area contributed by atoms with Gasteiger partial charge in [0.25, 0.3) is 5.56 Å². The molecule has 1 N–H and O–H groups in total. The summed E-state index contributed by atoms with van der Waals surface area (Å²) in [4.78, 5) is 20.6. The molecule has 1 aromatic rings. The highest BCUT2D eigenvalue weighted by Gasteiger charge is 2.30. The van der Waals surface area contributed by atoms with Crippen LogP contribution >= 0.6 is 11.6 Å². The maximum Gasteiger partial charge on any atom is 0.285 e. The van der Waals surface area contributed by atoms with Crippen LogP contribution in [0.3, 0.4) is 0 Å². The molecular weight excluding hydrogens is 362 g/mol. The molecule has 1 atom stereocenters. The van der Waals surface area contributed by atoms with E-state index in [9.17, 15) is 4.79 Å². The van der Waals surface area contributed by atoms with Gasteiger partial charge in [-0.1, -0.05) is 44.5 Å². The minimum Gasteiger partial charge on any atom is -0.366 e. The van der Waals surface area contributed by atoms with Crippen LogP contribution in [0.4, 0.5) is 5.69 Å². The number of halogens is 1. The summed E-state index contributed by atoms with van der Waals surface area (Å²) in [6.45, 7) is 15.7. The summed E-state index contributed by atoms with van der Waals surface area (Å²) in [6, 6.07) is 0.275. The Kier molecular flexibility index (Phi) is 7.80. The monoisotopic (exact) mass is 391 g/mol. The number of allylic oxidation sites excluding steroid dienone is 2. The molecule has 1 saturated heterocycles. The first kappa shape index (κ1) is 21.4. The zero-order valence-corrected chi connectivity index (χ0v) is 17.5. The number of hydrogen-bond donors (Lipinski definition) is 1. The average Bonchev–Trinajstić information content (AvgIpc) is 2.65. The van der Waals surface area contributed by atoms with Gasteiger partial charge >= 0.3 is 0 Å². The zero-order chi connectivity index (χ0) is 20.0. The van der Waals surface area contributed by atoms with Gasteiger partial charge in [-0.15, -0.1) is 0 Å². The molecule has 0 unspecified atom stereocenters. The van der Waals surface area contributed by atoms with Gasteiger partial charge < -0.3 is 4.90 Å². The van der Waals surface area contributed by atoms with Crippen LogP contribution in [0.15, 0.2) is 39.4 Å². The smallest absolute Gasteiger partial charge is 0.285 e. The molecule has 2 rings (SSSR count). The third kappa shape index (κ3) is 4.87. The van der Waals surface area contributed by atoms with E-state index in [4.69, 9.17) is 11.6 Å². The third-order valence-corrected chi connectivity index (χ3v) is 5.35. The van der Waals surface area contributed by atoms with Gasteiger partial charge in [0.2, 0.25) is 0 Å². The summed E-state index contributed by atoms with van der Waals surface area (Å²) in [7, 11) is 0. The fourth-order valence-electron chi connectivity index (χ4n) is 3.77. The van der Waals surface area contributed by atoms with E-state index < -0.39 is 0 Å². The largest absolute Gasteiger partial charge is 0.366 e. The quantitative estimate of drug-likeness (QED) is 0.570. The molecule has 7 heteroatoms. The van der Waals surface area contributed by atoms with E-state index in [1.165, 1.54) is 5.57 Å². The highest BCUT2D eigenvalue weighted by molar-refractivity contribution is 6.33. The molecular formula is C20H30ClN5O. The zero-order valence-electron chi connectivity index (χ0n) is 16.7. The second-order valence-electron chi connectivity index (χ2n) is 7.02. The number of nitrogens with zero attached hydrogens (tertiary/aromatic N) is 4. The third-order valence-electron chi connectivity index (χ3n) is 4.98. The Morgan fingerprint density at radius 2 is 2.07 bits per heavy atom. The van der Waals surface area contributed by atoms with Crippen LogP contribution in [0.5, 0.6) is 0 Å². The molecule has 1 fully saturated rings. The highest BCUT2D eigenvalue weighted by atomic mass is 35.5. The number of aliphatic imine (C=N–C) groups is 1. The van der Waals surface area contributed by atoms with E-state index in [2.05, 4.69) is 64.6 Å². The molecule has 148 valence electrons. The molecule has 0 spiro atoms. The predicted octanol–water partition coefficient (Wildman–Crippen LogP) is 3.51. The van der Waals surface area contributed by atoms with Crippen molar-refractivity contribution in [2.75, 3.05) is 31.1 Å². The minimum atomic E-state index is -0.348. The van der Waals surface area contributed by atoms with E-state index in [-0.39, 0.29) is 16.6 Å². The molecule has 1 aliphatic heterocycles. The first-order valence-corrected chi connectivity index (χ1v) is 9.86. The normalized spacial score (nSPS) is 18.1. The summed E-state index contributed by atoms with van der Waals surface area (Å²) < 4.78 is 0. The molecule has 1 aliphatic rings. The van der Waals surface area contributed by atoms with Gasteiger partial charge in [0.05, 0.1) is 11.9 Å². The Morgan fingerprint density at radius 3 is 2.59 bits per heavy atom. The van der Waals surface area contributed by atoms with Crippen molar-refractivity contribution in [2.24, 2.45) is 10.9 Å². The fourth-order valence-corrected chi connectivity index (χ4v) is 3.98. The van der Waals surface area contributed by atoms with Crippen molar-refractivity contribution in [3.63, 3.8) is 0 Å². The Labute approximate surface area is 166 Å². The SMILES string of the molecule is C=N/C(CC)=C(\C=C/C)[C@@H](C(C)C)N1CCN(c2cn[nH]c(=O)c2Cl)CC1. The first-order chi connectivity index (χ1) is 12.9. The molecule has 0 amide bonds. The van der Waals surface area contributed by atoms with Crippen LogP contribution in [0.2, 0.25) is 5.02 Å². The number of H-pyrrole nitrogens is 1. The van der Waals surface area contributed by atoms with Gasteiger partial charge in [0, 0.05) is 37.9 Å². The molecule has 6 nitrogen and oxygen atoms in total. The summed E-state index contributed by atoms with van der Waals surface area (Å²) in [5, 5.41) is 6.46. The molecule has 0 aromatic carbocycles. The van der Waals surface area contributed by atoms with Crippen molar-refractivity contribution in [2.45, 2.75) is 40.2 Å². The summed E-state index contributed by atoms with van der Waals surface area (Å²) in [5.74, 6) is 0.441. The van der Waals surface area contributed by atoms with Crippen molar-refractivity contribution < 1.29 is 0 Å². The number of hydrogen-bond acceptors (Lipinski definition) is 5. The van der Waals surface area contributed by atoms with E-state index in [1.807, 2.05) is 6.92 Å². The van der Waals surface area contributed by atoms with E-state index in [1.54, 1.807) is 6.20 Å². The van der Waals surface area contributed by atoms with Crippen LogP contribution in [0, 0.1) is 5.92 Å².